The van der Waals surface area contributed by atoms with E-state index in [9.17, 15) is 14.9 Å². The number of hydrogen-bond acceptors (Lipinski definition) is 9. The molecule has 11 unspecified atom stereocenters. The maximum Gasteiger partial charge on any atom is 0.229 e. The van der Waals surface area contributed by atoms with Gasteiger partial charge in [0.25, 0.3) is 0 Å². The van der Waals surface area contributed by atoms with Crippen LogP contribution in [0.1, 0.15) is 45.4 Å². The van der Waals surface area contributed by atoms with Crippen molar-refractivity contribution in [2.75, 3.05) is 40.4 Å². The standard InChI is InChI=1S/C27H44N6O4S/c1-15-9-18(19-10-16(11-28)6-7-22(19)36-2)20(12-30-15)24(34)32-27-31-21-13-33(14-23(21)38-27)26(35)17-5-4-8-29-25(17)37-3/h15-23,25,27,29-31H,4-10,12-14H2,1-3H3,(H,32,34). The van der Waals surface area contributed by atoms with Gasteiger partial charge in [-0.3, -0.25) is 20.2 Å². The number of nitrogens with zero attached hydrogens (tertiary/aromatic N) is 2. The third-order valence-electron chi connectivity index (χ3n) is 9.54. The highest BCUT2D eigenvalue weighted by molar-refractivity contribution is 8.00. The molecule has 0 aromatic carbocycles. The fourth-order valence-corrected chi connectivity index (χ4v) is 8.91. The summed E-state index contributed by atoms with van der Waals surface area (Å²) in [5, 5.41) is 23.5. The van der Waals surface area contributed by atoms with E-state index >= 15 is 0 Å². The summed E-state index contributed by atoms with van der Waals surface area (Å²) in [4.78, 5) is 28.8. The molecular weight excluding hydrogens is 504 g/mol. The molecule has 2 amide bonds. The molecule has 0 aromatic rings. The van der Waals surface area contributed by atoms with E-state index in [1.54, 1.807) is 26.0 Å². The summed E-state index contributed by atoms with van der Waals surface area (Å²) >= 11 is 1.72. The molecule has 5 rings (SSSR count). The number of thioether (sulfide) groups is 1. The molecular formula is C27H44N6O4S. The number of ether oxygens (including phenoxy) is 2. The zero-order chi connectivity index (χ0) is 26.8. The predicted molar refractivity (Wildman–Crippen MR) is 145 cm³/mol. The Morgan fingerprint density at radius 1 is 1.05 bits per heavy atom. The zero-order valence-corrected chi connectivity index (χ0v) is 23.7. The molecule has 4 heterocycles. The normalized spacial score (nSPS) is 43.3. The van der Waals surface area contributed by atoms with Crippen molar-refractivity contribution < 1.29 is 19.1 Å². The first-order chi connectivity index (χ1) is 18.4. The molecule has 1 saturated carbocycles. The minimum absolute atomic E-state index is 0.0425. The molecule has 1 aliphatic carbocycles. The van der Waals surface area contributed by atoms with Crippen molar-refractivity contribution in [3.8, 4) is 6.07 Å². The number of nitrogens with one attached hydrogen (secondary N) is 4. The number of nitriles is 1. The van der Waals surface area contributed by atoms with Gasteiger partial charge in [0.1, 0.15) is 11.7 Å². The summed E-state index contributed by atoms with van der Waals surface area (Å²) in [5.74, 6) is 0.386. The summed E-state index contributed by atoms with van der Waals surface area (Å²) in [6, 6.07) is 2.97. The van der Waals surface area contributed by atoms with Gasteiger partial charge in [0.15, 0.2) is 0 Å². The monoisotopic (exact) mass is 548 g/mol. The summed E-state index contributed by atoms with van der Waals surface area (Å²) in [7, 11) is 3.42. The van der Waals surface area contributed by atoms with E-state index in [-0.39, 0.29) is 70.5 Å². The predicted octanol–water partition coefficient (Wildman–Crippen LogP) is 0.843. The molecule has 212 valence electrons. The maximum absolute atomic E-state index is 13.6. The van der Waals surface area contributed by atoms with Crippen LogP contribution in [0.5, 0.6) is 0 Å². The topological polar surface area (TPSA) is 128 Å². The van der Waals surface area contributed by atoms with E-state index in [4.69, 9.17) is 9.47 Å². The van der Waals surface area contributed by atoms with Gasteiger partial charge in [-0.25, -0.2) is 0 Å². The number of amides is 2. The van der Waals surface area contributed by atoms with Crippen molar-refractivity contribution in [3.05, 3.63) is 0 Å². The minimum atomic E-state index is -0.214. The van der Waals surface area contributed by atoms with E-state index in [0.29, 0.717) is 25.7 Å². The fourth-order valence-electron chi connectivity index (χ4n) is 7.50. The van der Waals surface area contributed by atoms with E-state index in [2.05, 4.69) is 34.3 Å². The lowest BCUT2D eigenvalue weighted by Gasteiger charge is -2.44. The van der Waals surface area contributed by atoms with E-state index < -0.39 is 0 Å². The van der Waals surface area contributed by atoms with Crippen molar-refractivity contribution in [2.45, 2.75) is 80.6 Å². The van der Waals surface area contributed by atoms with Crippen LogP contribution in [-0.4, -0.2) is 92.3 Å². The van der Waals surface area contributed by atoms with Crippen LogP contribution in [0.3, 0.4) is 0 Å². The highest BCUT2D eigenvalue weighted by atomic mass is 32.2. The van der Waals surface area contributed by atoms with Gasteiger partial charge < -0.3 is 25.0 Å². The molecule has 4 N–H and O–H groups in total. The molecule has 11 atom stereocenters. The van der Waals surface area contributed by atoms with Crippen LogP contribution in [0.25, 0.3) is 0 Å². The van der Waals surface area contributed by atoms with E-state index in [1.807, 2.05) is 4.90 Å². The van der Waals surface area contributed by atoms with Crippen molar-refractivity contribution >= 4 is 23.6 Å². The van der Waals surface area contributed by atoms with E-state index in [0.717, 1.165) is 45.1 Å². The lowest BCUT2D eigenvalue weighted by atomic mass is 9.66. The van der Waals surface area contributed by atoms with Crippen LogP contribution in [0, 0.1) is 40.9 Å². The Kier molecular flexibility index (Phi) is 9.17. The van der Waals surface area contributed by atoms with Gasteiger partial charge in [-0.1, -0.05) is 0 Å². The van der Waals surface area contributed by atoms with Crippen molar-refractivity contribution in [1.82, 2.24) is 26.2 Å². The second-order valence-electron chi connectivity index (χ2n) is 11.8. The summed E-state index contributed by atoms with van der Waals surface area (Å²) in [5.41, 5.74) is -0.158. The SMILES string of the molecule is COC1CCC(C#N)CC1C1CC(C)NCC1C(=O)NC1NC2CN(C(=O)C3CCCNC3OC)CC2S1. The highest BCUT2D eigenvalue weighted by Gasteiger charge is 2.48. The Bertz CT molecular complexity index is 889. The first kappa shape index (κ1) is 28.1. The van der Waals surface area contributed by atoms with Crippen LogP contribution in [0.2, 0.25) is 0 Å². The first-order valence-electron chi connectivity index (χ1n) is 14.3. The third-order valence-corrected chi connectivity index (χ3v) is 10.9. The molecule has 4 saturated heterocycles. The second-order valence-corrected chi connectivity index (χ2v) is 13.2. The van der Waals surface area contributed by atoms with Gasteiger partial charge in [0.05, 0.1) is 24.0 Å². The Labute approximate surface area is 230 Å². The average Bonchev–Trinajstić information content (AvgIpc) is 3.51. The number of carbonyl (C=O) groups excluding carboxylic acids is 2. The Hall–Kier alpha value is -1.42. The van der Waals surface area contributed by atoms with Gasteiger partial charge in [0, 0.05) is 57.1 Å². The van der Waals surface area contributed by atoms with Crippen molar-refractivity contribution in [3.63, 3.8) is 0 Å². The Balaban J connectivity index is 1.17. The van der Waals surface area contributed by atoms with Gasteiger partial charge >= 0.3 is 0 Å². The number of carbonyl (C=O) groups is 2. The summed E-state index contributed by atoms with van der Waals surface area (Å²) < 4.78 is 11.4. The molecule has 0 aromatic heterocycles. The quantitative estimate of drug-likeness (QED) is 0.382. The second kappa shape index (κ2) is 12.4. The molecule has 5 aliphatic rings. The number of hydrogen-bond donors (Lipinski definition) is 4. The van der Waals surface area contributed by atoms with Crippen molar-refractivity contribution in [1.29, 1.82) is 5.26 Å². The van der Waals surface area contributed by atoms with Crippen LogP contribution < -0.4 is 21.3 Å². The van der Waals surface area contributed by atoms with Crippen LogP contribution in [0.15, 0.2) is 0 Å². The van der Waals surface area contributed by atoms with Crippen LogP contribution >= 0.6 is 11.8 Å². The number of piperidine rings is 2. The lowest BCUT2D eigenvalue weighted by molar-refractivity contribution is -0.142. The highest BCUT2D eigenvalue weighted by Crippen LogP contribution is 2.42. The Morgan fingerprint density at radius 3 is 2.63 bits per heavy atom. The van der Waals surface area contributed by atoms with Crippen LogP contribution in [0.4, 0.5) is 0 Å². The molecule has 5 fully saturated rings. The minimum Gasteiger partial charge on any atom is -0.381 e. The maximum atomic E-state index is 13.6. The average molecular weight is 549 g/mol. The number of methoxy groups -OCH3 is 2. The summed E-state index contributed by atoms with van der Waals surface area (Å²) in [6.45, 7) is 5.06. The molecule has 11 heteroatoms. The molecule has 0 bridgehead atoms. The fraction of sp³-hybridized carbons (Fsp3) is 0.889. The molecule has 0 radical (unpaired) electrons. The lowest BCUT2D eigenvalue weighted by Crippen LogP contribution is -2.55. The largest absolute Gasteiger partial charge is 0.381 e. The smallest absolute Gasteiger partial charge is 0.229 e. The molecule has 4 aliphatic heterocycles. The van der Waals surface area contributed by atoms with Crippen molar-refractivity contribution in [2.24, 2.45) is 29.6 Å². The van der Waals surface area contributed by atoms with E-state index in [1.165, 1.54) is 0 Å². The van der Waals surface area contributed by atoms with Gasteiger partial charge in [0.2, 0.25) is 11.8 Å². The van der Waals surface area contributed by atoms with Gasteiger partial charge in [-0.05, 0) is 63.8 Å². The molecule has 0 spiro atoms. The van der Waals surface area contributed by atoms with Gasteiger partial charge in [-0.15, -0.1) is 11.8 Å². The summed E-state index contributed by atoms with van der Waals surface area (Å²) in [6.07, 6.45) is 5.19. The first-order valence-corrected chi connectivity index (χ1v) is 15.3. The Morgan fingerprint density at radius 2 is 1.89 bits per heavy atom. The molecule has 38 heavy (non-hydrogen) atoms. The van der Waals surface area contributed by atoms with Crippen LogP contribution in [-0.2, 0) is 19.1 Å². The number of rotatable bonds is 6. The number of likely N-dealkylation sites (tertiary alicyclic amines) is 1. The van der Waals surface area contributed by atoms with Gasteiger partial charge in [-0.2, -0.15) is 5.26 Å². The zero-order valence-electron chi connectivity index (χ0n) is 22.9. The number of fused-ring (bicyclic) bond motifs is 1. The molecule has 10 nitrogen and oxygen atoms in total. The third kappa shape index (κ3) is 5.86.